The fourth-order valence-electron chi connectivity index (χ4n) is 3.68. The maximum atomic E-state index is 12.6. The third-order valence-electron chi connectivity index (χ3n) is 5.01. The first-order valence-electron chi connectivity index (χ1n) is 8.67. The van der Waals surface area contributed by atoms with E-state index in [1.54, 1.807) is 0 Å². The molecule has 6 nitrogen and oxygen atoms in total. The smallest absolute Gasteiger partial charge is 0.244 e. The predicted octanol–water partition coefficient (Wildman–Crippen LogP) is 2.51. The van der Waals surface area contributed by atoms with Crippen LogP contribution in [0.25, 0.3) is 0 Å². The van der Waals surface area contributed by atoms with Crippen LogP contribution in [0.3, 0.4) is 0 Å². The molecule has 0 aromatic heterocycles. The highest BCUT2D eigenvalue weighted by molar-refractivity contribution is 7.89. The van der Waals surface area contributed by atoms with E-state index in [-0.39, 0.29) is 27.8 Å². The van der Waals surface area contributed by atoms with Crippen molar-refractivity contribution in [3.05, 3.63) is 23.2 Å². The number of amides is 1. The van der Waals surface area contributed by atoms with Crippen LogP contribution in [0.1, 0.15) is 38.5 Å². The number of likely N-dealkylation sites (tertiary alicyclic amines) is 1. The summed E-state index contributed by atoms with van der Waals surface area (Å²) in [6.45, 7) is 1.62. The number of rotatable bonds is 4. The van der Waals surface area contributed by atoms with Crippen molar-refractivity contribution in [1.29, 1.82) is 0 Å². The summed E-state index contributed by atoms with van der Waals surface area (Å²) in [6.07, 6.45) is 5.05. The molecule has 1 saturated heterocycles. The van der Waals surface area contributed by atoms with E-state index in [0.29, 0.717) is 19.3 Å². The first kappa shape index (κ1) is 18.5. The first-order valence-corrected chi connectivity index (χ1v) is 10.5. The lowest BCUT2D eigenvalue weighted by atomic mass is 10.0. The van der Waals surface area contributed by atoms with Gasteiger partial charge in [0.15, 0.2) is 5.75 Å². The van der Waals surface area contributed by atoms with Crippen LogP contribution in [0.15, 0.2) is 23.1 Å². The number of sulfonamides is 1. The lowest BCUT2D eigenvalue weighted by molar-refractivity contribution is -0.136. The summed E-state index contributed by atoms with van der Waals surface area (Å²) in [4.78, 5) is 14.3. The van der Waals surface area contributed by atoms with Crippen molar-refractivity contribution in [2.24, 2.45) is 5.92 Å². The Kier molecular flexibility index (Phi) is 5.55. The Bertz CT molecular complexity index is 747. The zero-order chi connectivity index (χ0) is 18.0. The van der Waals surface area contributed by atoms with Crippen molar-refractivity contribution in [3.63, 3.8) is 0 Å². The van der Waals surface area contributed by atoms with Gasteiger partial charge in [0.25, 0.3) is 0 Å². The van der Waals surface area contributed by atoms with Crippen LogP contribution in [0, 0.1) is 5.92 Å². The van der Waals surface area contributed by atoms with Gasteiger partial charge in [-0.05, 0) is 50.7 Å². The van der Waals surface area contributed by atoms with Crippen molar-refractivity contribution in [3.8, 4) is 5.75 Å². The number of piperidine rings is 1. The van der Waals surface area contributed by atoms with Crippen molar-refractivity contribution in [2.45, 2.75) is 49.5 Å². The predicted molar refractivity (Wildman–Crippen MR) is 95.0 cm³/mol. The van der Waals surface area contributed by atoms with E-state index < -0.39 is 15.8 Å². The highest BCUT2D eigenvalue weighted by Crippen LogP contribution is 2.33. The maximum Gasteiger partial charge on any atom is 0.244 e. The van der Waals surface area contributed by atoms with E-state index in [9.17, 15) is 18.3 Å². The van der Waals surface area contributed by atoms with Gasteiger partial charge >= 0.3 is 0 Å². The number of phenolic OH excluding ortho intramolecular Hbond substituents is 1. The van der Waals surface area contributed by atoms with Gasteiger partial charge < -0.3 is 10.0 Å². The molecule has 1 saturated carbocycles. The fraction of sp³-hybridized carbons (Fsp3) is 0.588. The normalized spacial score (nSPS) is 24.4. The molecule has 0 spiro atoms. The Morgan fingerprint density at radius 3 is 2.64 bits per heavy atom. The minimum absolute atomic E-state index is 0.00699. The van der Waals surface area contributed by atoms with Crippen LogP contribution in [0.2, 0.25) is 5.02 Å². The average Bonchev–Trinajstić information content (AvgIpc) is 3.05. The van der Waals surface area contributed by atoms with Crippen LogP contribution in [-0.4, -0.2) is 43.5 Å². The minimum Gasteiger partial charge on any atom is -0.505 e. The van der Waals surface area contributed by atoms with Crippen molar-refractivity contribution < 1.29 is 18.3 Å². The monoisotopic (exact) mass is 386 g/mol. The Morgan fingerprint density at radius 2 is 1.92 bits per heavy atom. The third-order valence-corrected chi connectivity index (χ3v) is 6.87. The van der Waals surface area contributed by atoms with Crippen molar-refractivity contribution in [1.82, 2.24) is 9.62 Å². The molecule has 1 aliphatic heterocycles. The number of benzene rings is 1. The minimum atomic E-state index is -3.88. The highest BCUT2D eigenvalue weighted by Gasteiger charge is 2.35. The second kappa shape index (κ2) is 7.51. The molecular weight excluding hydrogens is 364 g/mol. The second-order valence-corrected chi connectivity index (χ2v) is 8.89. The van der Waals surface area contributed by atoms with Crippen LogP contribution in [0.5, 0.6) is 5.75 Å². The third kappa shape index (κ3) is 4.10. The molecule has 0 radical (unpaired) electrons. The van der Waals surface area contributed by atoms with Gasteiger partial charge in [0, 0.05) is 25.0 Å². The van der Waals surface area contributed by atoms with Gasteiger partial charge in [0.05, 0.1) is 5.02 Å². The summed E-state index contributed by atoms with van der Waals surface area (Å²) in [7, 11) is -3.88. The standard InChI is InChI=1S/C17H23ClN2O4S/c18-14-5-4-6-15(16(14)21)25(23,24)19-13-8-7-12(11-13)17(22)20-9-2-1-3-10-20/h4-6,12-13,19,21H,1-3,7-11H2/t12-,13+/m1/s1. The summed E-state index contributed by atoms with van der Waals surface area (Å²) >= 11 is 5.79. The van der Waals surface area contributed by atoms with Gasteiger partial charge in [-0.1, -0.05) is 17.7 Å². The molecule has 1 aromatic rings. The molecule has 8 heteroatoms. The summed E-state index contributed by atoms with van der Waals surface area (Å²) in [6, 6.07) is 3.92. The summed E-state index contributed by atoms with van der Waals surface area (Å²) in [5.74, 6) is -0.429. The van der Waals surface area contributed by atoms with Crippen molar-refractivity contribution in [2.75, 3.05) is 13.1 Å². The van der Waals surface area contributed by atoms with Crippen LogP contribution >= 0.6 is 11.6 Å². The van der Waals surface area contributed by atoms with E-state index in [1.165, 1.54) is 24.6 Å². The van der Waals surface area contributed by atoms with E-state index in [4.69, 9.17) is 11.6 Å². The van der Waals surface area contributed by atoms with Gasteiger partial charge in [-0.15, -0.1) is 0 Å². The fourth-order valence-corrected chi connectivity index (χ4v) is 5.31. The van der Waals surface area contributed by atoms with Crippen molar-refractivity contribution >= 4 is 27.5 Å². The zero-order valence-corrected chi connectivity index (χ0v) is 15.5. The lowest BCUT2D eigenvalue weighted by Crippen LogP contribution is -2.40. The summed E-state index contributed by atoms with van der Waals surface area (Å²) in [5.41, 5.74) is 0. The van der Waals surface area contributed by atoms with Gasteiger partial charge in [0.2, 0.25) is 15.9 Å². The Labute approximate surface area is 153 Å². The summed E-state index contributed by atoms with van der Waals surface area (Å²) < 4.78 is 27.6. The average molecular weight is 387 g/mol. The van der Waals surface area contributed by atoms with E-state index in [1.807, 2.05) is 4.90 Å². The van der Waals surface area contributed by atoms with Crippen LogP contribution in [-0.2, 0) is 14.8 Å². The van der Waals surface area contributed by atoms with Gasteiger partial charge in [0.1, 0.15) is 4.90 Å². The SMILES string of the molecule is O=C([C@@H]1CC[C@H](NS(=O)(=O)c2cccc(Cl)c2O)C1)N1CCCCC1. The Morgan fingerprint density at radius 1 is 1.20 bits per heavy atom. The summed E-state index contributed by atoms with van der Waals surface area (Å²) in [5, 5.41) is 9.90. The molecule has 0 unspecified atom stereocenters. The molecule has 0 bridgehead atoms. The molecule has 1 aromatic carbocycles. The number of nitrogens with zero attached hydrogens (tertiary/aromatic N) is 1. The van der Waals surface area contributed by atoms with Gasteiger partial charge in [-0.25, -0.2) is 13.1 Å². The molecular formula is C17H23ClN2O4S. The number of carbonyl (C=O) groups is 1. The number of para-hydroxylation sites is 1. The molecule has 1 heterocycles. The van der Waals surface area contributed by atoms with E-state index in [2.05, 4.69) is 4.72 Å². The topological polar surface area (TPSA) is 86.7 Å². The number of phenols is 1. The molecule has 138 valence electrons. The molecule has 2 atom stereocenters. The molecule has 2 fully saturated rings. The van der Waals surface area contributed by atoms with Gasteiger partial charge in [-0.2, -0.15) is 0 Å². The Hall–Kier alpha value is -1.31. The molecule has 3 rings (SSSR count). The molecule has 25 heavy (non-hydrogen) atoms. The Balaban J connectivity index is 1.64. The van der Waals surface area contributed by atoms with E-state index in [0.717, 1.165) is 25.9 Å². The highest BCUT2D eigenvalue weighted by atomic mass is 35.5. The zero-order valence-electron chi connectivity index (χ0n) is 13.9. The number of hydrogen-bond acceptors (Lipinski definition) is 4. The second-order valence-electron chi connectivity index (χ2n) is 6.80. The molecule has 2 N–H and O–H groups in total. The number of aromatic hydroxyl groups is 1. The van der Waals surface area contributed by atoms with Crippen LogP contribution < -0.4 is 4.72 Å². The number of hydrogen-bond donors (Lipinski definition) is 2. The maximum absolute atomic E-state index is 12.6. The largest absolute Gasteiger partial charge is 0.505 e. The molecule has 1 amide bonds. The molecule has 1 aliphatic carbocycles. The number of carbonyl (C=O) groups excluding carboxylic acids is 1. The quantitative estimate of drug-likeness (QED) is 0.832. The van der Waals surface area contributed by atoms with E-state index >= 15 is 0 Å². The number of halogens is 1. The molecule has 2 aliphatic rings. The number of nitrogens with one attached hydrogen (secondary N) is 1. The van der Waals surface area contributed by atoms with Crippen LogP contribution in [0.4, 0.5) is 0 Å². The van der Waals surface area contributed by atoms with Gasteiger partial charge in [-0.3, -0.25) is 4.79 Å². The lowest BCUT2D eigenvalue weighted by Gasteiger charge is -2.29. The first-order chi connectivity index (χ1) is 11.9.